The maximum absolute atomic E-state index is 14.1. The van der Waals surface area contributed by atoms with E-state index in [1.807, 2.05) is 35.0 Å². The van der Waals surface area contributed by atoms with Crippen molar-refractivity contribution in [1.82, 2.24) is 9.78 Å². The fourth-order valence-electron chi connectivity index (χ4n) is 5.59. The summed E-state index contributed by atoms with van der Waals surface area (Å²) in [5.41, 5.74) is 2.90. The number of furan rings is 1. The lowest BCUT2D eigenvalue weighted by molar-refractivity contribution is -0.925. The van der Waals surface area contributed by atoms with E-state index in [0.717, 1.165) is 5.56 Å². The Morgan fingerprint density at radius 3 is 2.18 bits per heavy atom. The molecule has 5 aromatic rings. The molecule has 0 spiro atoms. The molecular weight excluding hydrogens is 632 g/mol. The maximum atomic E-state index is 14.1. The van der Waals surface area contributed by atoms with E-state index in [0.29, 0.717) is 74.2 Å². The fourth-order valence-corrected chi connectivity index (χ4v) is 5.59. The van der Waals surface area contributed by atoms with Crippen molar-refractivity contribution in [3.63, 3.8) is 0 Å². The Labute approximate surface area is 283 Å². The van der Waals surface area contributed by atoms with Gasteiger partial charge in [-0.3, -0.25) is 14.9 Å². The van der Waals surface area contributed by atoms with Gasteiger partial charge in [-0.05, 0) is 61.5 Å². The number of nitro groups is 1. The molecule has 0 saturated heterocycles. The fraction of sp³-hybridized carbons (Fsp3) is 0.278. The van der Waals surface area contributed by atoms with Gasteiger partial charge in [-0.1, -0.05) is 5.92 Å². The third-order valence-corrected chi connectivity index (χ3v) is 7.74. The lowest BCUT2D eigenvalue weighted by Crippen LogP contribution is -2.40. The van der Waals surface area contributed by atoms with Gasteiger partial charge in [0.1, 0.15) is 41.0 Å². The van der Waals surface area contributed by atoms with E-state index in [1.165, 1.54) is 33.5 Å². The van der Waals surface area contributed by atoms with Crippen LogP contribution in [0.5, 0.6) is 28.7 Å². The summed E-state index contributed by atoms with van der Waals surface area (Å²) >= 11 is 0. The molecule has 0 aliphatic carbocycles. The van der Waals surface area contributed by atoms with Crippen LogP contribution in [0.25, 0.3) is 10.9 Å². The molecule has 0 atom stereocenters. The standard InChI is InChI=1S/C36H37N4O9/c1-8-9-27-29(44-4)16-15-28-33(35(41)24-18-30(45-5)36(47-7)31(19-24)46-6)37-38(34(27)28)22-40(2,3)20-23-10-12-25(13-11-23)48-21-26-14-17-32(49-26)39(42)43/h10-19H,20-22H2,1-7H3/q+1. The van der Waals surface area contributed by atoms with E-state index in [4.69, 9.17) is 33.2 Å². The Morgan fingerprint density at radius 2 is 1.61 bits per heavy atom. The predicted molar refractivity (Wildman–Crippen MR) is 180 cm³/mol. The van der Waals surface area contributed by atoms with Gasteiger partial charge in [0.2, 0.25) is 11.5 Å². The van der Waals surface area contributed by atoms with Gasteiger partial charge in [-0.2, -0.15) is 5.10 Å². The third-order valence-electron chi connectivity index (χ3n) is 7.74. The molecule has 49 heavy (non-hydrogen) atoms. The van der Waals surface area contributed by atoms with E-state index >= 15 is 0 Å². The van der Waals surface area contributed by atoms with E-state index in [1.54, 1.807) is 32.2 Å². The summed E-state index contributed by atoms with van der Waals surface area (Å²) in [5.74, 6) is 8.08. The molecule has 0 bridgehead atoms. The van der Waals surface area contributed by atoms with E-state index in [-0.39, 0.29) is 24.0 Å². The minimum absolute atomic E-state index is 0.0602. The molecule has 254 valence electrons. The molecule has 0 fully saturated rings. The van der Waals surface area contributed by atoms with Crippen molar-refractivity contribution in [1.29, 1.82) is 0 Å². The molecular formula is C36H37N4O9+. The SMILES string of the molecule is CC#Cc1c(OC)ccc2c(C(=O)c3cc(OC)c(OC)c(OC)c3)nn(C[N+](C)(C)Cc3ccc(OCc4ccc([N+](=O)[O-])o4)cc3)c12. The number of carbonyl (C=O) groups excluding carboxylic acids is 1. The zero-order valence-corrected chi connectivity index (χ0v) is 28.4. The van der Waals surface area contributed by atoms with Crippen LogP contribution < -0.4 is 23.7 Å². The van der Waals surface area contributed by atoms with Gasteiger partial charge >= 0.3 is 5.88 Å². The minimum Gasteiger partial charge on any atom is -0.495 e. The van der Waals surface area contributed by atoms with Crippen LogP contribution in [0.3, 0.4) is 0 Å². The molecule has 0 radical (unpaired) electrons. The highest BCUT2D eigenvalue weighted by Gasteiger charge is 2.28. The summed E-state index contributed by atoms with van der Waals surface area (Å²) in [5, 5.41) is 16.4. The summed E-state index contributed by atoms with van der Waals surface area (Å²) in [4.78, 5) is 24.4. The van der Waals surface area contributed by atoms with Gasteiger partial charge in [0, 0.05) is 16.5 Å². The van der Waals surface area contributed by atoms with Crippen molar-refractivity contribution in [2.75, 3.05) is 42.5 Å². The number of aromatic nitrogens is 2. The molecule has 0 unspecified atom stereocenters. The van der Waals surface area contributed by atoms with Crippen molar-refractivity contribution >= 4 is 22.6 Å². The molecule has 0 aliphatic heterocycles. The van der Waals surface area contributed by atoms with Gasteiger partial charge in [0.05, 0.1) is 59.7 Å². The molecule has 2 aromatic heterocycles. The quantitative estimate of drug-likeness (QED) is 0.0456. The number of rotatable bonds is 14. The second-order valence-corrected chi connectivity index (χ2v) is 11.7. The number of hydrogen-bond donors (Lipinski definition) is 0. The van der Waals surface area contributed by atoms with Gasteiger partial charge in [-0.25, -0.2) is 4.68 Å². The van der Waals surface area contributed by atoms with Crippen LogP contribution in [0.2, 0.25) is 0 Å². The van der Waals surface area contributed by atoms with Crippen LogP contribution in [-0.2, 0) is 19.8 Å². The van der Waals surface area contributed by atoms with E-state index < -0.39 is 4.92 Å². The van der Waals surface area contributed by atoms with Crippen LogP contribution in [0.1, 0.15) is 39.9 Å². The highest BCUT2D eigenvalue weighted by molar-refractivity contribution is 6.16. The van der Waals surface area contributed by atoms with Crippen molar-refractivity contribution in [3.8, 4) is 40.6 Å². The Kier molecular flexibility index (Phi) is 10.1. The minimum atomic E-state index is -0.590. The van der Waals surface area contributed by atoms with Crippen LogP contribution in [0.15, 0.2) is 65.1 Å². The summed E-state index contributed by atoms with van der Waals surface area (Å²) in [6.07, 6.45) is 0. The Balaban J connectivity index is 1.45. The molecule has 0 N–H and O–H groups in total. The number of carbonyl (C=O) groups is 1. The number of hydrogen-bond acceptors (Lipinski definition) is 10. The molecule has 0 saturated carbocycles. The third kappa shape index (κ3) is 7.29. The van der Waals surface area contributed by atoms with Crippen molar-refractivity contribution in [2.24, 2.45) is 0 Å². The summed E-state index contributed by atoms with van der Waals surface area (Å²) in [7, 11) is 10.2. The van der Waals surface area contributed by atoms with Gasteiger partial charge in [0.15, 0.2) is 18.2 Å². The van der Waals surface area contributed by atoms with Gasteiger partial charge in [-0.15, -0.1) is 5.92 Å². The smallest absolute Gasteiger partial charge is 0.433 e. The Morgan fingerprint density at radius 1 is 0.939 bits per heavy atom. The molecule has 5 rings (SSSR count). The van der Waals surface area contributed by atoms with Crippen molar-refractivity contribution in [2.45, 2.75) is 26.7 Å². The van der Waals surface area contributed by atoms with Crippen molar-refractivity contribution in [3.05, 3.63) is 98.9 Å². The molecule has 3 aromatic carbocycles. The van der Waals surface area contributed by atoms with Gasteiger partial charge < -0.3 is 32.6 Å². The highest BCUT2D eigenvalue weighted by atomic mass is 16.6. The zero-order valence-electron chi connectivity index (χ0n) is 28.4. The number of methoxy groups -OCH3 is 4. The first-order valence-corrected chi connectivity index (χ1v) is 15.1. The number of nitrogens with zero attached hydrogens (tertiary/aromatic N) is 4. The number of ether oxygens (including phenoxy) is 5. The molecule has 2 heterocycles. The van der Waals surface area contributed by atoms with Crippen molar-refractivity contribution < 1.29 is 42.3 Å². The first-order chi connectivity index (χ1) is 23.5. The number of quaternary nitrogens is 1. The van der Waals surface area contributed by atoms with Crippen LogP contribution in [-0.4, -0.2) is 67.5 Å². The predicted octanol–water partition coefficient (Wildman–Crippen LogP) is 5.99. The lowest BCUT2D eigenvalue weighted by Gasteiger charge is -2.30. The summed E-state index contributed by atoms with van der Waals surface area (Å²) in [6, 6.07) is 17.2. The molecule has 13 nitrogen and oxygen atoms in total. The van der Waals surface area contributed by atoms with Crippen LogP contribution >= 0.6 is 0 Å². The highest BCUT2D eigenvalue weighted by Crippen LogP contribution is 2.39. The van der Waals surface area contributed by atoms with Gasteiger partial charge in [0.25, 0.3) is 0 Å². The second-order valence-electron chi connectivity index (χ2n) is 11.7. The lowest BCUT2D eigenvalue weighted by atomic mass is 10.0. The van der Waals surface area contributed by atoms with Crippen LogP contribution in [0.4, 0.5) is 5.88 Å². The first-order valence-electron chi connectivity index (χ1n) is 15.1. The van der Waals surface area contributed by atoms with E-state index in [9.17, 15) is 14.9 Å². The second kappa shape index (κ2) is 14.4. The molecule has 0 amide bonds. The summed E-state index contributed by atoms with van der Waals surface area (Å²) < 4.78 is 35.3. The normalized spacial score (nSPS) is 11.1. The average molecular weight is 670 g/mol. The topological polar surface area (TPSA) is 137 Å². The Hall–Kier alpha value is -6.00. The average Bonchev–Trinajstić information content (AvgIpc) is 3.72. The molecule has 0 aliphatic rings. The van der Waals surface area contributed by atoms with Crippen LogP contribution in [0, 0.1) is 22.0 Å². The monoisotopic (exact) mass is 669 g/mol. The maximum Gasteiger partial charge on any atom is 0.433 e. The number of benzene rings is 3. The first kappa shape index (κ1) is 34.3. The largest absolute Gasteiger partial charge is 0.495 e. The number of fused-ring (bicyclic) bond motifs is 1. The van der Waals surface area contributed by atoms with E-state index in [2.05, 4.69) is 25.9 Å². The summed E-state index contributed by atoms with van der Waals surface area (Å²) in [6.45, 7) is 2.80. The zero-order chi connectivity index (χ0) is 35.3. The molecule has 13 heteroatoms. The Bertz CT molecular complexity index is 2040. The number of ketones is 1.